The average Bonchev–Trinajstić information content (AvgIpc) is 3.61. The van der Waals surface area contributed by atoms with Crippen LogP contribution in [0.3, 0.4) is 0 Å². The van der Waals surface area contributed by atoms with E-state index in [9.17, 15) is 9.65 Å². The Hall–Kier alpha value is -2.90. The van der Waals surface area contributed by atoms with Gasteiger partial charge in [-0.1, -0.05) is 0 Å². The van der Waals surface area contributed by atoms with E-state index in [0.29, 0.717) is 42.6 Å². The van der Waals surface area contributed by atoms with E-state index in [1.54, 1.807) is 13.2 Å². The second-order valence-corrected chi connectivity index (χ2v) is 9.18. The van der Waals surface area contributed by atoms with Crippen molar-refractivity contribution in [3.63, 3.8) is 0 Å². The number of halogens is 1. The number of aromatic nitrogens is 4. The summed E-state index contributed by atoms with van der Waals surface area (Å²) >= 11 is 0. The smallest absolute Gasteiger partial charge is 0.223 e. The Labute approximate surface area is 193 Å². The van der Waals surface area contributed by atoms with Crippen molar-refractivity contribution in [2.24, 2.45) is 5.41 Å². The van der Waals surface area contributed by atoms with Gasteiger partial charge in [-0.3, -0.25) is 0 Å². The lowest BCUT2D eigenvalue weighted by Crippen LogP contribution is -2.43. The largest absolute Gasteiger partial charge is 0.383 e. The third-order valence-electron chi connectivity index (χ3n) is 6.37. The Morgan fingerprint density at radius 2 is 2.00 bits per heavy atom. The highest BCUT2D eigenvalue weighted by Crippen LogP contribution is 2.44. The predicted molar refractivity (Wildman–Crippen MR) is 123 cm³/mol. The molecule has 0 spiro atoms. The van der Waals surface area contributed by atoms with Crippen LogP contribution in [0.1, 0.15) is 45.4 Å². The molecule has 2 heterocycles. The van der Waals surface area contributed by atoms with Gasteiger partial charge in [0, 0.05) is 37.3 Å². The van der Waals surface area contributed by atoms with Crippen molar-refractivity contribution in [3.8, 4) is 17.3 Å². The number of methoxy groups -OCH3 is 1. The Morgan fingerprint density at radius 3 is 2.70 bits per heavy atom. The predicted octanol–water partition coefficient (Wildman–Crippen LogP) is 3.14. The van der Waals surface area contributed by atoms with Gasteiger partial charge >= 0.3 is 0 Å². The highest BCUT2D eigenvalue weighted by Gasteiger charge is 2.43. The molecule has 33 heavy (non-hydrogen) atoms. The zero-order valence-electron chi connectivity index (χ0n) is 19.1. The summed E-state index contributed by atoms with van der Waals surface area (Å²) < 4.78 is 19.8. The van der Waals surface area contributed by atoms with Gasteiger partial charge in [0.25, 0.3) is 0 Å². The molecule has 10 heteroatoms. The van der Waals surface area contributed by atoms with Crippen LogP contribution < -0.4 is 16.0 Å². The second-order valence-electron chi connectivity index (χ2n) is 9.18. The fraction of sp³-hybridized carbons (Fsp3) is 0.609. The summed E-state index contributed by atoms with van der Waals surface area (Å²) in [7, 11) is 1.72. The molecule has 9 nitrogen and oxygen atoms in total. The molecule has 176 valence electrons. The van der Waals surface area contributed by atoms with E-state index in [0.717, 1.165) is 38.5 Å². The number of ether oxygens (including phenoxy) is 1. The Balaban J connectivity index is 1.37. The zero-order chi connectivity index (χ0) is 23.3. The fourth-order valence-electron chi connectivity index (χ4n) is 4.25. The van der Waals surface area contributed by atoms with Crippen molar-refractivity contribution in [3.05, 3.63) is 24.3 Å². The third-order valence-corrected chi connectivity index (χ3v) is 6.37. The minimum Gasteiger partial charge on any atom is -0.383 e. The maximum atomic E-state index is 14.6. The number of nitriles is 1. The number of nitrogens with zero attached hydrogens (tertiary/aromatic N) is 5. The first-order valence-electron chi connectivity index (χ1n) is 11.5. The molecule has 2 aliphatic carbocycles. The SMILES string of the molecule is COCC(C)NC1CCC(Nc2ncc(F)c(-c3cnnc(NCC4(C#N)CC4)c3)n2)CC1. The summed E-state index contributed by atoms with van der Waals surface area (Å²) in [4.78, 5) is 8.57. The van der Waals surface area contributed by atoms with Crippen molar-refractivity contribution < 1.29 is 9.13 Å². The molecule has 1 atom stereocenters. The third kappa shape index (κ3) is 6.12. The van der Waals surface area contributed by atoms with E-state index in [1.807, 2.05) is 0 Å². The van der Waals surface area contributed by atoms with Crippen LogP contribution in [0.25, 0.3) is 11.3 Å². The lowest BCUT2D eigenvalue weighted by molar-refractivity contribution is 0.161. The van der Waals surface area contributed by atoms with Crippen LogP contribution in [0.4, 0.5) is 16.2 Å². The molecule has 0 bridgehead atoms. The van der Waals surface area contributed by atoms with E-state index in [2.05, 4.69) is 49.1 Å². The minimum atomic E-state index is -0.518. The number of hydrogen-bond acceptors (Lipinski definition) is 9. The number of hydrogen-bond donors (Lipinski definition) is 3. The molecule has 0 amide bonds. The molecule has 2 fully saturated rings. The molecule has 0 aliphatic heterocycles. The summed E-state index contributed by atoms with van der Waals surface area (Å²) in [5.74, 6) is 0.383. The van der Waals surface area contributed by atoms with E-state index in [-0.39, 0.29) is 17.2 Å². The highest BCUT2D eigenvalue weighted by atomic mass is 19.1. The lowest BCUT2D eigenvalue weighted by Gasteiger charge is -2.31. The summed E-state index contributed by atoms with van der Waals surface area (Å²) in [5.41, 5.74) is 0.374. The van der Waals surface area contributed by atoms with E-state index >= 15 is 0 Å². The van der Waals surface area contributed by atoms with Crippen LogP contribution >= 0.6 is 0 Å². The van der Waals surface area contributed by atoms with Crippen molar-refractivity contribution in [2.75, 3.05) is 30.9 Å². The van der Waals surface area contributed by atoms with Gasteiger partial charge in [-0.25, -0.2) is 14.4 Å². The first-order chi connectivity index (χ1) is 16.0. The summed E-state index contributed by atoms with van der Waals surface area (Å²) in [6.07, 6.45) is 8.49. The first kappa shape index (κ1) is 23.3. The van der Waals surface area contributed by atoms with E-state index in [4.69, 9.17) is 4.74 Å². The fourth-order valence-corrected chi connectivity index (χ4v) is 4.25. The zero-order valence-corrected chi connectivity index (χ0v) is 19.1. The first-order valence-corrected chi connectivity index (χ1v) is 11.5. The quantitative estimate of drug-likeness (QED) is 0.497. The lowest BCUT2D eigenvalue weighted by atomic mass is 9.91. The summed E-state index contributed by atoms with van der Waals surface area (Å²) in [6.45, 7) is 3.33. The van der Waals surface area contributed by atoms with Crippen LogP contribution in [0.15, 0.2) is 18.5 Å². The summed E-state index contributed by atoms with van der Waals surface area (Å²) in [6, 6.07) is 5.08. The molecular weight excluding hydrogens is 423 g/mol. The standard InChI is InChI=1S/C23H31FN8O/c1-15(12-33-2)29-17-3-5-18(6-4-17)30-22-26-11-19(24)21(31-22)16-9-20(32-28-10-16)27-14-23(13-25)7-8-23/h9-11,15,17-18,29H,3-8,12,14H2,1-2H3,(H,27,32)(H,26,30,31). The Morgan fingerprint density at radius 1 is 1.24 bits per heavy atom. The summed E-state index contributed by atoms with van der Waals surface area (Å²) in [5, 5.41) is 27.4. The molecule has 2 aromatic rings. The van der Waals surface area contributed by atoms with E-state index in [1.165, 1.54) is 12.4 Å². The van der Waals surface area contributed by atoms with Crippen LogP contribution in [0, 0.1) is 22.6 Å². The normalized spacial score (nSPS) is 22.2. The van der Waals surface area contributed by atoms with Gasteiger partial charge in [0.1, 0.15) is 11.5 Å². The topological polar surface area (TPSA) is 121 Å². The van der Waals surface area contributed by atoms with Gasteiger partial charge in [-0.15, -0.1) is 5.10 Å². The number of rotatable bonds is 10. The van der Waals surface area contributed by atoms with Crippen LogP contribution in [-0.2, 0) is 4.74 Å². The van der Waals surface area contributed by atoms with Crippen molar-refractivity contribution in [2.45, 2.75) is 63.6 Å². The monoisotopic (exact) mass is 454 g/mol. The second kappa shape index (κ2) is 10.4. The molecule has 0 aromatic carbocycles. The molecule has 0 saturated heterocycles. The number of nitrogens with one attached hydrogen (secondary N) is 3. The van der Waals surface area contributed by atoms with Crippen molar-refractivity contribution in [1.29, 1.82) is 5.26 Å². The Kier molecular flexibility index (Phi) is 7.30. The van der Waals surface area contributed by atoms with Gasteiger partial charge in [0.15, 0.2) is 5.82 Å². The number of anilines is 2. The van der Waals surface area contributed by atoms with Gasteiger partial charge in [0.2, 0.25) is 5.95 Å². The van der Waals surface area contributed by atoms with Crippen molar-refractivity contribution in [1.82, 2.24) is 25.5 Å². The van der Waals surface area contributed by atoms with E-state index < -0.39 is 5.82 Å². The van der Waals surface area contributed by atoms with Gasteiger partial charge in [0.05, 0.1) is 30.5 Å². The molecule has 2 aromatic heterocycles. The molecular formula is C23H31FN8O. The van der Waals surface area contributed by atoms with Gasteiger partial charge < -0.3 is 20.7 Å². The maximum absolute atomic E-state index is 14.6. The molecule has 1 unspecified atom stereocenters. The van der Waals surface area contributed by atoms with Gasteiger partial charge in [-0.05, 0) is 51.5 Å². The van der Waals surface area contributed by atoms with Gasteiger partial charge in [-0.2, -0.15) is 10.4 Å². The Bertz CT molecular complexity index is 985. The highest BCUT2D eigenvalue weighted by molar-refractivity contribution is 5.63. The average molecular weight is 455 g/mol. The molecule has 2 saturated carbocycles. The molecule has 3 N–H and O–H groups in total. The van der Waals surface area contributed by atoms with Crippen LogP contribution in [0.2, 0.25) is 0 Å². The van der Waals surface area contributed by atoms with Crippen LogP contribution in [-0.4, -0.2) is 58.6 Å². The van der Waals surface area contributed by atoms with Crippen LogP contribution in [0.5, 0.6) is 0 Å². The molecule has 0 radical (unpaired) electrons. The van der Waals surface area contributed by atoms with Crippen molar-refractivity contribution >= 4 is 11.8 Å². The minimum absolute atomic E-state index is 0.176. The molecule has 2 aliphatic rings. The molecule has 4 rings (SSSR count). The maximum Gasteiger partial charge on any atom is 0.223 e.